The van der Waals surface area contributed by atoms with E-state index in [-0.39, 0.29) is 11.0 Å². The number of rotatable bonds is 7. The third-order valence-corrected chi connectivity index (χ3v) is 4.18. The molecule has 0 saturated heterocycles. The normalized spacial score (nSPS) is 11.2. The van der Waals surface area contributed by atoms with E-state index in [2.05, 4.69) is 16.0 Å². The molecule has 0 fully saturated rings. The molecular formula is C15H21N3O2S. The maximum Gasteiger partial charge on any atom is 0.340 e. The van der Waals surface area contributed by atoms with Crippen molar-refractivity contribution in [2.45, 2.75) is 52.0 Å². The number of nitrogens with zero attached hydrogens (tertiary/aromatic N) is 3. The minimum atomic E-state index is -0.991. The predicted octanol–water partition coefficient (Wildman–Crippen LogP) is 3.47. The van der Waals surface area contributed by atoms with Crippen molar-refractivity contribution in [3.63, 3.8) is 0 Å². The number of aromatic nitrogens is 2. The molecule has 0 aliphatic heterocycles. The first-order valence-corrected chi connectivity index (χ1v) is 7.94. The van der Waals surface area contributed by atoms with Gasteiger partial charge in [-0.1, -0.05) is 6.92 Å². The zero-order valence-electron chi connectivity index (χ0n) is 12.9. The number of carbonyl (C=O) groups is 1. The predicted molar refractivity (Wildman–Crippen MR) is 82.5 cm³/mol. The van der Waals surface area contributed by atoms with Crippen LogP contribution < -0.4 is 0 Å². The Bertz CT molecular complexity index is 565. The number of hydrogen-bond donors (Lipinski definition) is 1. The molecule has 1 aromatic heterocycles. The number of nitriles is 1. The Kier molecular flexibility index (Phi) is 6.16. The monoisotopic (exact) mass is 307 g/mol. The molecule has 21 heavy (non-hydrogen) atoms. The molecule has 114 valence electrons. The van der Waals surface area contributed by atoms with Crippen LogP contribution in [0.2, 0.25) is 0 Å². The molecule has 0 unspecified atom stereocenters. The number of carboxylic acid groups (broad SMARTS) is 1. The van der Waals surface area contributed by atoms with Gasteiger partial charge in [0.2, 0.25) is 0 Å². The summed E-state index contributed by atoms with van der Waals surface area (Å²) in [6.45, 7) is 7.46. The van der Waals surface area contributed by atoms with Gasteiger partial charge in [-0.05, 0) is 39.4 Å². The molecule has 1 N–H and O–H groups in total. The highest BCUT2D eigenvalue weighted by Gasteiger charge is 2.19. The molecule has 0 atom stereocenters. The fourth-order valence-corrected chi connectivity index (χ4v) is 2.88. The highest BCUT2D eigenvalue weighted by molar-refractivity contribution is 7.99. The van der Waals surface area contributed by atoms with E-state index in [0.717, 1.165) is 18.6 Å². The Hall–Kier alpha value is -1.61. The Morgan fingerprint density at radius 1 is 1.43 bits per heavy atom. The minimum absolute atomic E-state index is 0.191. The van der Waals surface area contributed by atoms with Gasteiger partial charge in [-0.2, -0.15) is 5.26 Å². The van der Waals surface area contributed by atoms with E-state index in [4.69, 9.17) is 5.26 Å². The fraction of sp³-hybridized carbons (Fsp3) is 0.600. The average molecular weight is 307 g/mol. The van der Waals surface area contributed by atoms with Crippen LogP contribution in [0.25, 0.3) is 0 Å². The lowest BCUT2D eigenvalue weighted by molar-refractivity contribution is 0.0690. The van der Waals surface area contributed by atoms with Crippen LogP contribution in [0.5, 0.6) is 0 Å². The molecule has 5 nitrogen and oxygen atoms in total. The van der Waals surface area contributed by atoms with Crippen molar-refractivity contribution in [2.24, 2.45) is 5.41 Å². The lowest BCUT2D eigenvalue weighted by atomic mass is 9.90. The van der Waals surface area contributed by atoms with Crippen molar-refractivity contribution in [3.8, 4) is 6.07 Å². The van der Waals surface area contributed by atoms with E-state index in [1.54, 1.807) is 6.92 Å². The van der Waals surface area contributed by atoms with Crippen molar-refractivity contribution in [1.29, 1.82) is 5.26 Å². The van der Waals surface area contributed by atoms with E-state index < -0.39 is 5.97 Å². The Morgan fingerprint density at radius 2 is 2.10 bits per heavy atom. The molecule has 0 aliphatic carbocycles. The van der Waals surface area contributed by atoms with Crippen LogP contribution in [0, 0.1) is 23.7 Å². The topological polar surface area (TPSA) is 86.9 Å². The fourth-order valence-electron chi connectivity index (χ4n) is 1.85. The van der Waals surface area contributed by atoms with Crippen LogP contribution >= 0.6 is 11.8 Å². The number of hydrogen-bond acceptors (Lipinski definition) is 5. The SMILES string of the molecule is CCc1nc(C)c(C(=O)O)c(SCCCC(C)(C)C#N)n1. The molecule has 0 spiro atoms. The summed E-state index contributed by atoms with van der Waals surface area (Å²) in [5.41, 5.74) is 0.359. The number of aryl methyl sites for hydroxylation is 2. The van der Waals surface area contributed by atoms with Gasteiger partial charge in [-0.3, -0.25) is 0 Å². The molecular weight excluding hydrogens is 286 g/mol. The van der Waals surface area contributed by atoms with Gasteiger partial charge in [-0.15, -0.1) is 11.8 Å². The van der Waals surface area contributed by atoms with Gasteiger partial charge in [-0.25, -0.2) is 14.8 Å². The highest BCUT2D eigenvalue weighted by atomic mass is 32.2. The van der Waals surface area contributed by atoms with Crippen molar-refractivity contribution >= 4 is 17.7 Å². The maximum atomic E-state index is 11.3. The smallest absolute Gasteiger partial charge is 0.340 e. The van der Waals surface area contributed by atoms with Crippen LogP contribution in [0.1, 0.15) is 55.5 Å². The number of thioether (sulfide) groups is 1. The summed E-state index contributed by atoms with van der Waals surface area (Å²) in [6.07, 6.45) is 2.30. The van der Waals surface area contributed by atoms with E-state index >= 15 is 0 Å². The standard InChI is InChI=1S/C15H21N3O2S/c1-5-11-17-10(2)12(14(19)20)13(18-11)21-8-6-7-15(3,4)9-16/h5-8H2,1-4H3,(H,19,20). The quantitative estimate of drug-likeness (QED) is 0.471. The molecule has 0 radical (unpaired) electrons. The van der Waals surface area contributed by atoms with E-state index in [1.165, 1.54) is 11.8 Å². The number of aromatic carboxylic acids is 1. The van der Waals surface area contributed by atoms with Gasteiger partial charge < -0.3 is 5.11 Å². The molecule has 0 saturated carbocycles. The van der Waals surface area contributed by atoms with Crippen LogP contribution in [-0.4, -0.2) is 26.8 Å². The molecule has 6 heteroatoms. The van der Waals surface area contributed by atoms with Gasteiger partial charge in [0.15, 0.2) is 0 Å². The highest BCUT2D eigenvalue weighted by Crippen LogP contribution is 2.27. The van der Waals surface area contributed by atoms with Crippen LogP contribution in [0.15, 0.2) is 5.03 Å². The Labute approximate surface area is 129 Å². The molecule has 1 rings (SSSR count). The molecule has 0 aliphatic rings. The third-order valence-electron chi connectivity index (χ3n) is 3.12. The molecule has 0 aromatic carbocycles. The summed E-state index contributed by atoms with van der Waals surface area (Å²) in [5, 5.41) is 18.8. The first kappa shape index (κ1) is 17.4. The van der Waals surface area contributed by atoms with E-state index in [9.17, 15) is 9.90 Å². The summed E-state index contributed by atoms with van der Waals surface area (Å²) >= 11 is 1.43. The van der Waals surface area contributed by atoms with E-state index in [0.29, 0.717) is 23.0 Å². The van der Waals surface area contributed by atoms with Crippen molar-refractivity contribution in [2.75, 3.05) is 5.75 Å². The van der Waals surface area contributed by atoms with Crippen LogP contribution in [0.3, 0.4) is 0 Å². The first-order valence-electron chi connectivity index (χ1n) is 6.95. The van der Waals surface area contributed by atoms with Gasteiger partial charge in [0.05, 0.1) is 17.2 Å². The van der Waals surface area contributed by atoms with Gasteiger partial charge in [0, 0.05) is 6.42 Å². The molecule has 1 heterocycles. The van der Waals surface area contributed by atoms with Crippen molar-refractivity contribution in [3.05, 3.63) is 17.1 Å². The Balaban J connectivity index is 2.80. The second-order valence-electron chi connectivity index (χ2n) is 5.51. The van der Waals surface area contributed by atoms with Crippen molar-refractivity contribution < 1.29 is 9.90 Å². The first-order chi connectivity index (χ1) is 9.80. The third kappa shape index (κ3) is 5.01. The van der Waals surface area contributed by atoms with Gasteiger partial charge in [0.25, 0.3) is 0 Å². The van der Waals surface area contributed by atoms with E-state index in [1.807, 2.05) is 20.8 Å². The van der Waals surface area contributed by atoms with Crippen LogP contribution in [0.4, 0.5) is 0 Å². The van der Waals surface area contributed by atoms with Crippen molar-refractivity contribution in [1.82, 2.24) is 9.97 Å². The minimum Gasteiger partial charge on any atom is -0.478 e. The lowest BCUT2D eigenvalue weighted by Crippen LogP contribution is -2.10. The second-order valence-corrected chi connectivity index (χ2v) is 6.60. The molecule has 1 aromatic rings. The zero-order valence-corrected chi connectivity index (χ0v) is 13.8. The summed E-state index contributed by atoms with van der Waals surface area (Å²) in [7, 11) is 0. The molecule has 0 bridgehead atoms. The van der Waals surface area contributed by atoms with Gasteiger partial charge >= 0.3 is 5.97 Å². The lowest BCUT2D eigenvalue weighted by Gasteiger charge is -2.14. The second kappa shape index (κ2) is 7.41. The van der Waals surface area contributed by atoms with Crippen LogP contribution in [-0.2, 0) is 6.42 Å². The van der Waals surface area contributed by atoms with Gasteiger partial charge in [0.1, 0.15) is 16.4 Å². The average Bonchev–Trinajstić information content (AvgIpc) is 2.42. The summed E-state index contributed by atoms with van der Waals surface area (Å²) in [6, 6.07) is 2.27. The number of carboxylic acids is 1. The maximum absolute atomic E-state index is 11.3. The summed E-state index contributed by atoms with van der Waals surface area (Å²) in [5.74, 6) is 0.415. The summed E-state index contributed by atoms with van der Waals surface area (Å²) in [4.78, 5) is 19.9. The zero-order chi connectivity index (χ0) is 16.0. The summed E-state index contributed by atoms with van der Waals surface area (Å²) < 4.78 is 0. The Morgan fingerprint density at radius 3 is 2.62 bits per heavy atom. The molecule has 0 amide bonds. The largest absolute Gasteiger partial charge is 0.478 e.